The third-order valence-electron chi connectivity index (χ3n) is 4.40. The molecule has 1 heterocycles. The zero-order chi connectivity index (χ0) is 15.0. The van der Waals surface area contributed by atoms with Crippen LogP contribution in [0.3, 0.4) is 0 Å². The summed E-state index contributed by atoms with van der Waals surface area (Å²) < 4.78 is 5.63. The number of pyridine rings is 1. The van der Waals surface area contributed by atoms with Gasteiger partial charge in [-0.2, -0.15) is 0 Å². The van der Waals surface area contributed by atoms with Crippen LogP contribution in [0.4, 0.5) is 5.69 Å². The minimum atomic E-state index is -0.905. The van der Waals surface area contributed by atoms with Gasteiger partial charge < -0.3 is 15.8 Å². The average molecular weight is 314 g/mol. The summed E-state index contributed by atoms with van der Waals surface area (Å²) in [6.45, 7) is 8.43. The highest BCUT2D eigenvalue weighted by Gasteiger charge is 2.62. The fraction of sp³-hybridized carbons (Fsp3) is 0.600. The predicted octanol–water partition coefficient (Wildman–Crippen LogP) is 2.28. The Kier molecular flexibility index (Phi) is 5.36. The molecule has 1 fully saturated rings. The van der Waals surface area contributed by atoms with Gasteiger partial charge in [0.1, 0.15) is 5.54 Å². The number of halogens is 1. The topological polar surface area (TPSA) is 77.2 Å². The van der Waals surface area contributed by atoms with E-state index in [1.165, 1.54) is 0 Å². The number of aryl methyl sites for hydroxylation is 1. The Morgan fingerprint density at radius 1 is 1.52 bits per heavy atom. The standard InChI is InChI=1S/C15H23N3O2.ClH/c1-5-20-12-8-15(16,14(12,3)4)13(19)18-11-7-6-10(2)17-9-11;/h6-7,9,12H,5,8,16H2,1-4H3,(H,18,19);1H. The van der Waals surface area contributed by atoms with Crippen molar-refractivity contribution in [2.24, 2.45) is 11.1 Å². The Morgan fingerprint density at radius 3 is 2.67 bits per heavy atom. The molecule has 6 heteroatoms. The van der Waals surface area contributed by atoms with Gasteiger partial charge in [0.05, 0.1) is 18.0 Å². The number of anilines is 1. The number of carbonyl (C=O) groups is 1. The lowest BCUT2D eigenvalue weighted by atomic mass is 9.54. The third kappa shape index (κ3) is 3.05. The fourth-order valence-electron chi connectivity index (χ4n) is 2.60. The second-order valence-corrected chi connectivity index (χ2v) is 5.98. The predicted molar refractivity (Wildman–Crippen MR) is 85.6 cm³/mol. The van der Waals surface area contributed by atoms with Crippen molar-refractivity contribution in [3.05, 3.63) is 24.0 Å². The molecule has 0 radical (unpaired) electrons. The highest BCUT2D eigenvalue weighted by Crippen LogP contribution is 2.50. The summed E-state index contributed by atoms with van der Waals surface area (Å²) in [5.41, 5.74) is 6.60. The molecule has 118 valence electrons. The summed E-state index contributed by atoms with van der Waals surface area (Å²) in [4.78, 5) is 16.6. The maximum atomic E-state index is 12.4. The summed E-state index contributed by atoms with van der Waals surface area (Å²) in [5.74, 6) is -0.177. The van der Waals surface area contributed by atoms with Crippen LogP contribution in [0.25, 0.3) is 0 Å². The van der Waals surface area contributed by atoms with Crippen molar-refractivity contribution < 1.29 is 9.53 Å². The van der Waals surface area contributed by atoms with Crippen LogP contribution in [0.5, 0.6) is 0 Å². The second-order valence-electron chi connectivity index (χ2n) is 5.98. The van der Waals surface area contributed by atoms with E-state index in [1.807, 2.05) is 39.8 Å². The number of amides is 1. The van der Waals surface area contributed by atoms with Gasteiger partial charge in [-0.15, -0.1) is 12.4 Å². The van der Waals surface area contributed by atoms with E-state index in [9.17, 15) is 4.79 Å². The Labute approximate surface area is 132 Å². The maximum Gasteiger partial charge on any atom is 0.245 e. The number of aromatic nitrogens is 1. The smallest absolute Gasteiger partial charge is 0.245 e. The lowest BCUT2D eigenvalue weighted by molar-refractivity contribution is -0.166. The van der Waals surface area contributed by atoms with Crippen LogP contribution in [0.2, 0.25) is 0 Å². The SMILES string of the molecule is CCOC1CC(N)(C(=O)Nc2ccc(C)nc2)C1(C)C.Cl. The Hall–Kier alpha value is -1.17. The molecule has 0 bridgehead atoms. The van der Waals surface area contributed by atoms with Crippen LogP contribution in [0.15, 0.2) is 18.3 Å². The van der Waals surface area contributed by atoms with Crippen molar-refractivity contribution in [1.29, 1.82) is 0 Å². The molecule has 2 atom stereocenters. The van der Waals surface area contributed by atoms with Gasteiger partial charge >= 0.3 is 0 Å². The molecule has 0 aromatic carbocycles. The lowest BCUT2D eigenvalue weighted by Crippen LogP contribution is -2.74. The fourth-order valence-corrected chi connectivity index (χ4v) is 2.60. The zero-order valence-corrected chi connectivity index (χ0v) is 13.8. The van der Waals surface area contributed by atoms with Crippen molar-refractivity contribution in [2.75, 3.05) is 11.9 Å². The number of carbonyl (C=O) groups excluding carboxylic acids is 1. The van der Waals surface area contributed by atoms with Gasteiger partial charge in [-0.1, -0.05) is 13.8 Å². The first-order chi connectivity index (χ1) is 9.31. The number of nitrogens with one attached hydrogen (secondary N) is 1. The van der Waals surface area contributed by atoms with Gasteiger partial charge in [0.15, 0.2) is 0 Å². The van der Waals surface area contributed by atoms with Crippen LogP contribution < -0.4 is 11.1 Å². The first kappa shape index (κ1) is 17.9. The minimum Gasteiger partial charge on any atom is -0.378 e. The Morgan fingerprint density at radius 2 is 2.19 bits per heavy atom. The number of hydrogen-bond donors (Lipinski definition) is 2. The molecule has 1 aliphatic carbocycles. The summed E-state index contributed by atoms with van der Waals surface area (Å²) in [6.07, 6.45) is 2.21. The number of rotatable bonds is 4. The molecule has 1 saturated carbocycles. The second kappa shape index (κ2) is 6.30. The quantitative estimate of drug-likeness (QED) is 0.894. The van der Waals surface area contributed by atoms with Gasteiger partial charge in [-0.25, -0.2) is 0 Å². The van der Waals surface area contributed by atoms with Crippen LogP contribution in [0.1, 0.15) is 32.9 Å². The highest BCUT2D eigenvalue weighted by molar-refractivity contribution is 5.99. The Balaban J connectivity index is 0.00000220. The molecule has 0 spiro atoms. The van der Waals surface area contributed by atoms with Gasteiger partial charge in [-0.05, 0) is 26.0 Å². The summed E-state index contributed by atoms with van der Waals surface area (Å²) in [7, 11) is 0. The minimum absolute atomic E-state index is 0. The van der Waals surface area contributed by atoms with Crippen molar-refractivity contribution in [3.8, 4) is 0 Å². The van der Waals surface area contributed by atoms with Gasteiger partial charge in [0, 0.05) is 24.1 Å². The highest BCUT2D eigenvalue weighted by atomic mass is 35.5. The van der Waals surface area contributed by atoms with E-state index in [1.54, 1.807) is 6.20 Å². The van der Waals surface area contributed by atoms with Gasteiger partial charge in [-0.3, -0.25) is 9.78 Å². The molecule has 0 saturated heterocycles. The number of nitrogens with two attached hydrogens (primary N) is 1. The first-order valence-corrected chi connectivity index (χ1v) is 6.96. The molecule has 21 heavy (non-hydrogen) atoms. The maximum absolute atomic E-state index is 12.4. The van der Waals surface area contributed by atoms with Crippen molar-refractivity contribution in [3.63, 3.8) is 0 Å². The molecule has 2 unspecified atom stereocenters. The molecule has 3 N–H and O–H groups in total. The van der Waals surface area contributed by atoms with Crippen LogP contribution >= 0.6 is 12.4 Å². The monoisotopic (exact) mass is 313 g/mol. The summed E-state index contributed by atoms with van der Waals surface area (Å²) in [6, 6.07) is 3.68. The molecule has 1 amide bonds. The normalized spacial score (nSPS) is 26.4. The van der Waals surface area contributed by atoms with Crippen LogP contribution in [0, 0.1) is 12.3 Å². The van der Waals surface area contributed by atoms with E-state index in [0.29, 0.717) is 18.7 Å². The largest absolute Gasteiger partial charge is 0.378 e. The number of ether oxygens (including phenoxy) is 1. The lowest BCUT2D eigenvalue weighted by Gasteiger charge is -2.57. The van der Waals surface area contributed by atoms with E-state index in [0.717, 1.165) is 5.69 Å². The van der Waals surface area contributed by atoms with Gasteiger partial charge in [0.25, 0.3) is 0 Å². The molecular weight excluding hydrogens is 290 g/mol. The third-order valence-corrected chi connectivity index (χ3v) is 4.40. The van der Waals surface area contributed by atoms with E-state index in [4.69, 9.17) is 10.5 Å². The molecule has 5 nitrogen and oxygen atoms in total. The molecule has 0 aliphatic heterocycles. The summed E-state index contributed by atoms with van der Waals surface area (Å²) >= 11 is 0. The van der Waals surface area contributed by atoms with Crippen molar-refractivity contribution in [1.82, 2.24) is 4.98 Å². The number of nitrogens with zero attached hydrogens (tertiary/aromatic N) is 1. The van der Waals surface area contributed by atoms with Crippen LogP contribution in [-0.4, -0.2) is 29.1 Å². The average Bonchev–Trinajstić information content (AvgIpc) is 2.40. The molecule has 1 aliphatic rings. The van der Waals surface area contributed by atoms with E-state index in [2.05, 4.69) is 10.3 Å². The molecule has 1 aromatic rings. The molecule has 1 aromatic heterocycles. The summed E-state index contributed by atoms with van der Waals surface area (Å²) in [5, 5.41) is 2.85. The van der Waals surface area contributed by atoms with Gasteiger partial charge in [0.2, 0.25) is 5.91 Å². The van der Waals surface area contributed by atoms with E-state index >= 15 is 0 Å². The van der Waals surface area contributed by atoms with Crippen molar-refractivity contribution in [2.45, 2.75) is 45.8 Å². The van der Waals surface area contributed by atoms with Crippen molar-refractivity contribution >= 4 is 24.0 Å². The number of hydrogen-bond acceptors (Lipinski definition) is 4. The first-order valence-electron chi connectivity index (χ1n) is 6.96. The zero-order valence-electron chi connectivity index (χ0n) is 13.0. The van der Waals surface area contributed by atoms with Crippen LogP contribution in [-0.2, 0) is 9.53 Å². The van der Waals surface area contributed by atoms with E-state index < -0.39 is 5.54 Å². The Bertz CT molecular complexity index is 504. The molecule has 2 rings (SSSR count). The molecular formula is C15H24ClN3O2. The van der Waals surface area contributed by atoms with E-state index in [-0.39, 0.29) is 29.8 Å².